The number of hydrogen-bond donors (Lipinski definition) is 3. The highest BCUT2D eigenvalue weighted by Gasteiger charge is 2.32. The summed E-state index contributed by atoms with van der Waals surface area (Å²) < 4.78 is 0. The zero-order valence-electron chi connectivity index (χ0n) is 25.5. The topological polar surface area (TPSA) is 73.5 Å². The average Bonchev–Trinajstić information content (AvgIpc) is 3.19. The quantitative estimate of drug-likeness (QED) is 0.181. The molecule has 0 bridgehead atoms. The maximum absolute atomic E-state index is 14.1. The molecule has 1 aliphatic carbocycles. The molecule has 44 heavy (non-hydrogen) atoms. The van der Waals surface area contributed by atoms with Gasteiger partial charge < -0.3 is 20.9 Å². The van der Waals surface area contributed by atoms with Crippen LogP contribution in [0, 0.1) is 0 Å². The van der Waals surface area contributed by atoms with Gasteiger partial charge in [-0.15, -0.1) is 0 Å². The first-order chi connectivity index (χ1) is 21.6. The Bertz CT molecular complexity index is 1480. The van der Waals surface area contributed by atoms with E-state index in [9.17, 15) is 9.59 Å². The Morgan fingerprint density at radius 3 is 2.20 bits per heavy atom. The van der Waals surface area contributed by atoms with Gasteiger partial charge in [0.2, 0.25) is 5.91 Å². The summed E-state index contributed by atoms with van der Waals surface area (Å²) in [5.74, 6) is 0.166. The molecule has 1 heterocycles. The molecule has 6 heteroatoms. The van der Waals surface area contributed by atoms with Gasteiger partial charge in [-0.25, -0.2) is 0 Å². The van der Waals surface area contributed by atoms with Gasteiger partial charge in [-0.2, -0.15) is 0 Å². The summed E-state index contributed by atoms with van der Waals surface area (Å²) in [5.41, 5.74) is 3.08. The fourth-order valence-corrected chi connectivity index (χ4v) is 6.50. The molecule has 1 saturated heterocycles. The number of amides is 2. The molecule has 4 aromatic rings. The van der Waals surface area contributed by atoms with Gasteiger partial charge in [-0.05, 0) is 72.7 Å². The molecule has 6 rings (SSSR count). The van der Waals surface area contributed by atoms with Crippen LogP contribution in [-0.2, 0) is 4.79 Å². The summed E-state index contributed by atoms with van der Waals surface area (Å²) in [6.07, 6.45) is 6.31. The summed E-state index contributed by atoms with van der Waals surface area (Å²) in [5, 5.41) is 12.6. The van der Waals surface area contributed by atoms with Crippen LogP contribution in [0.3, 0.4) is 0 Å². The van der Waals surface area contributed by atoms with Crippen molar-refractivity contribution in [3.05, 3.63) is 120 Å². The SMILES string of the molecule is O=C(NC[C@@H]1CCN(CC(c2ccccc2)c2ccccc2)C(=O)[C@H](CCCNC2CCC2)N1)c1ccc2ccccc2c1. The minimum absolute atomic E-state index is 0.00449. The number of nitrogens with one attached hydrogen (secondary N) is 3. The molecular formula is C38H44N4O2. The fraction of sp³-hybridized carbons (Fsp3) is 0.368. The Labute approximate surface area is 261 Å². The normalized spacial score (nSPS) is 19.1. The van der Waals surface area contributed by atoms with E-state index in [2.05, 4.69) is 75.4 Å². The molecule has 1 aliphatic heterocycles. The fourth-order valence-electron chi connectivity index (χ4n) is 6.50. The van der Waals surface area contributed by atoms with E-state index in [1.54, 1.807) is 0 Å². The Morgan fingerprint density at radius 1 is 0.841 bits per heavy atom. The number of carbonyl (C=O) groups excluding carboxylic acids is 2. The van der Waals surface area contributed by atoms with Crippen LogP contribution in [0.2, 0.25) is 0 Å². The molecule has 2 fully saturated rings. The number of nitrogens with zero attached hydrogens (tertiary/aromatic N) is 1. The van der Waals surface area contributed by atoms with Crippen LogP contribution in [0.15, 0.2) is 103 Å². The minimum atomic E-state index is -0.282. The standard InChI is InChI=1S/C38H44N4O2/c43-37(32-21-20-28-11-7-8-16-31(28)25-32)40-26-34-22-24-42(38(44)36(41-34)19-10-23-39-33-17-9-18-33)27-35(29-12-3-1-4-13-29)30-14-5-2-6-15-30/h1-8,11-16,20-21,25,33-36,39,41H,9-10,17-19,22-24,26-27H2,(H,40,43)/t34-,36-/m0/s1. The van der Waals surface area contributed by atoms with Crippen molar-refractivity contribution < 1.29 is 9.59 Å². The van der Waals surface area contributed by atoms with E-state index in [-0.39, 0.29) is 29.8 Å². The molecule has 2 atom stereocenters. The van der Waals surface area contributed by atoms with Crippen LogP contribution >= 0.6 is 0 Å². The number of fused-ring (bicyclic) bond motifs is 1. The van der Waals surface area contributed by atoms with Crippen molar-refractivity contribution >= 4 is 22.6 Å². The first-order valence-corrected chi connectivity index (χ1v) is 16.3. The minimum Gasteiger partial charge on any atom is -0.350 e. The molecule has 228 valence electrons. The van der Waals surface area contributed by atoms with Crippen LogP contribution in [-0.4, -0.2) is 61.0 Å². The monoisotopic (exact) mass is 588 g/mol. The van der Waals surface area contributed by atoms with E-state index < -0.39 is 0 Å². The molecule has 3 N–H and O–H groups in total. The lowest BCUT2D eigenvalue weighted by molar-refractivity contribution is -0.133. The van der Waals surface area contributed by atoms with Crippen molar-refractivity contribution in [2.24, 2.45) is 0 Å². The third kappa shape index (κ3) is 7.55. The molecule has 0 aromatic heterocycles. The molecule has 1 saturated carbocycles. The predicted octanol–water partition coefficient (Wildman–Crippen LogP) is 5.88. The second kappa shape index (κ2) is 14.7. The Balaban J connectivity index is 1.15. The lowest BCUT2D eigenvalue weighted by Crippen LogP contribution is -2.49. The summed E-state index contributed by atoms with van der Waals surface area (Å²) in [6, 6.07) is 35.3. The summed E-state index contributed by atoms with van der Waals surface area (Å²) in [4.78, 5) is 29.4. The Morgan fingerprint density at radius 2 is 1.52 bits per heavy atom. The van der Waals surface area contributed by atoms with Crippen molar-refractivity contribution in [2.75, 3.05) is 26.2 Å². The van der Waals surface area contributed by atoms with Gasteiger partial charge in [0, 0.05) is 43.2 Å². The third-order valence-electron chi connectivity index (χ3n) is 9.33. The van der Waals surface area contributed by atoms with Crippen molar-refractivity contribution in [3.63, 3.8) is 0 Å². The molecule has 2 amide bonds. The van der Waals surface area contributed by atoms with Crippen molar-refractivity contribution in [1.29, 1.82) is 0 Å². The van der Waals surface area contributed by atoms with Gasteiger partial charge in [-0.3, -0.25) is 9.59 Å². The van der Waals surface area contributed by atoms with E-state index in [1.807, 2.05) is 48.5 Å². The highest BCUT2D eigenvalue weighted by atomic mass is 16.2. The first-order valence-electron chi connectivity index (χ1n) is 16.3. The van der Waals surface area contributed by atoms with Gasteiger partial charge in [0.1, 0.15) is 0 Å². The van der Waals surface area contributed by atoms with E-state index in [4.69, 9.17) is 0 Å². The van der Waals surface area contributed by atoms with Crippen LogP contribution in [0.25, 0.3) is 10.8 Å². The molecule has 0 spiro atoms. The predicted molar refractivity (Wildman–Crippen MR) is 178 cm³/mol. The number of rotatable bonds is 12. The third-order valence-corrected chi connectivity index (χ3v) is 9.33. The zero-order chi connectivity index (χ0) is 30.1. The van der Waals surface area contributed by atoms with Crippen LogP contribution in [0.5, 0.6) is 0 Å². The Kier molecular flexibility index (Phi) is 10.0. The highest BCUT2D eigenvalue weighted by molar-refractivity contribution is 5.98. The molecule has 0 radical (unpaired) electrons. The van der Waals surface area contributed by atoms with E-state index in [1.165, 1.54) is 30.4 Å². The maximum atomic E-state index is 14.1. The number of hydrogen-bond acceptors (Lipinski definition) is 4. The molecule has 6 nitrogen and oxygen atoms in total. The zero-order valence-corrected chi connectivity index (χ0v) is 25.5. The first kappa shape index (κ1) is 30.0. The van der Waals surface area contributed by atoms with Gasteiger partial charge in [0.15, 0.2) is 0 Å². The summed E-state index contributed by atoms with van der Waals surface area (Å²) >= 11 is 0. The smallest absolute Gasteiger partial charge is 0.251 e. The van der Waals surface area contributed by atoms with Crippen LogP contribution in [0.4, 0.5) is 0 Å². The second-order valence-corrected chi connectivity index (χ2v) is 12.4. The van der Waals surface area contributed by atoms with E-state index in [0.717, 1.165) is 36.6 Å². The lowest BCUT2D eigenvalue weighted by Gasteiger charge is -2.30. The largest absolute Gasteiger partial charge is 0.350 e. The summed E-state index contributed by atoms with van der Waals surface area (Å²) in [7, 11) is 0. The average molecular weight is 589 g/mol. The maximum Gasteiger partial charge on any atom is 0.251 e. The van der Waals surface area contributed by atoms with Gasteiger partial charge in [0.05, 0.1) is 6.04 Å². The van der Waals surface area contributed by atoms with Gasteiger partial charge in [-0.1, -0.05) is 97.4 Å². The number of carbonyl (C=O) groups is 2. The van der Waals surface area contributed by atoms with Gasteiger partial charge >= 0.3 is 0 Å². The Hall–Kier alpha value is -4.00. The van der Waals surface area contributed by atoms with Crippen LogP contribution in [0.1, 0.15) is 65.9 Å². The summed E-state index contributed by atoms with van der Waals surface area (Å²) in [6.45, 7) is 2.68. The molecule has 2 aliphatic rings. The highest BCUT2D eigenvalue weighted by Crippen LogP contribution is 2.27. The molecule has 0 unspecified atom stereocenters. The van der Waals surface area contributed by atoms with Crippen molar-refractivity contribution in [2.45, 2.75) is 62.6 Å². The second-order valence-electron chi connectivity index (χ2n) is 12.4. The van der Waals surface area contributed by atoms with E-state index in [0.29, 0.717) is 31.2 Å². The molecular weight excluding hydrogens is 544 g/mol. The number of benzene rings is 4. The lowest BCUT2D eigenvalue weighted by atomic mass is 9.90. The van der Waals surface area contributed by atoms with Gasteiger partial charge in [0.25, 0.3) is 5.91 Å². The van der Waals surface area contributed by atoms with Crippen molar-refractivity contribution in [3.8, 4) is 0 Å². The van der Waals surface area contributed by atoms with Crippen LogP contribution < -0.4 is 16.0 Å². The molecule has 4 aromatic carbocycles. The van der Waals surface area contributed by atoms with Crippen molar-refractivity contribution in [1.82, 2.24) is 20.9 Å². The van der Waals surface area contributed by atoms with E-state index >= 15 is 0 Å².